The first-order chi connectivity index (χ1) is 14.9. The van der Waals surface area contributed by atoms with Gasteiger partial charge in [0.1, 0.15) is 6.26 Å². The van der Waals surface area contributed by atoms with E-state index in [9.17, 15) is 0 Å². The number of thioether (sulfide) groups is 1. The summed E-state index contributed by atoms with van der Waals surface area (Å²) in [4.78, 5) is 4.62. The highest BCUT2D eigenvalue weighted by Crippen LogP contribution is 2.30. The molecular formula is C24H18N4OS. The lowest BCUT2D eigenvalue weighted by molar-refractivity contribution is 0.573. The summed E-state index contributed by atoms with van der Waals surface area (Å²) < 4.78 is 7.74. The topological polar surface area (TPSA) is 56.7 Å². The zero-order valence-corrected chi connectivity index (χ0v) is 16.9. The van der Waals surface area contributed by atoms with Crippen LogP contribution in [0.2, 0.25) is 0 Å². The zero-order chi connectivity index (χ0) is 20.2. The van der Waals surface area contributed by atoms with E-state index in [1.165, 1.54) is 0 Å². The average molecular weight is 411 g/mol. The first-order valence-corrected chi connectivity index (χ1v) is 10.6. The quantitative estimate of drug-likeness (QED) is 0.327. The van der Waals surface area contributed by atoms with Gasteiger partial charge in [0.2, 0.25) is 5.89 Å². The average Bonchev–Trinajstić information content (AvgIpc) is 3.47. The van der Waals surface area contributed by atoms with Crippen LogP contribution in [-0.4, -0.2) is 19.7 Å². The molecule has 0 unspecified atom stereocenters. The maximum absolute atomic E-state index is 5.66. The third-order valence-electron chi connectivity index (χ3n) is 4.60. The van der Waals surface area contributed by atoms with Gasteiger partial charge in [-0.2, -0.15) is 0 Å². The van der Waals surface area contributed by atoms with Gasteiger partial charge < -0.3 is 4.42 Å². The molecule has 0 radical (unpaired) electrons. The molecule has 2 heterocycles. The van der Waals surface area contributed by atoms with Crippen molar-refractivity contribution < 1.29 is 4.42 Å². The molecule has 0 atom stereocenters. The second kappa shape index (κ2) is 8.39. The van der Waals surface area contributed by atoms with Crippen molar-refractivity contribution in [1.82, 2.24) is 19.7 Å². The van der Waals surface area contributed by atoms with E-state index >= 15 is 0 Å². The van der Waals surface area contributed by atoms with E-state index < -0.39 is 0 Å². The van der Waals surface area contributed by atoms with E-state index in [2.05, 4.69) is 31.9 Å². The Bertz CT molecular complexity index is 1230. The standard InChI is InChI=1S/C24H18N4OS/c1-4-10-18(11-5-1)22-26-27-24(28(22)21-14-8-3-9-15-21)30-17-20-16-29-23(25-20)19-12-6-2-7-13-19/h1-16H,17H2. The van der Waals surface area contributed by atoms with E-state index in [1.54, 1.807) is 18.0 Å². The lowest BCUT2D eigenvalue weighted by Gasteiger charge is -2.09. The number of aromatic nitrogens is 4. The van der Waals surface area contributed by atoms with Crippen molar-refractivity contribution in [2.24, 2.45) is 0 Å². The van der Waals surface area contributed by atoms with Crippen LogP contribution < -0.4 is 0 Å². The van der Waals surface area contributed by atoms with Crippen LogP contribution in [0.15, 0.2) is 107 Å². The van der Waals surface area contributed by atoms with Gasteiger partial charge in [0.05, 0.1) is 5.69 Å². The second-order valence-corrected chi connectivity index (χ2v) is 7.58. The van der Waals surface area contributed by atoms with Gasteiger partial charge in [-0.25, -0.2) is 4.98 Å². The fourth-order valence-electron chi connectivity index (χ4n) is 3.17. The maximum atomic E-state index is 5.66. The van der Waals surface area contributed by atoms with Crippen LogP contribution >= 0.6 is 11.8 Å². The normalized spacial score (nSPS) is 10.9. The van der Waals surface area contributed by atoms with Crippen molar-refractivity contribution in [1.29, 1.82) is 0 Å². The monoisotopic (exact) mass is 410 g/mol. The third kappa shape index (κ3) is 3.77. The van der Waals surface area contributed by atoms with Crippen molar-refractivity contribution in [2.75, 3.05) is 0 Å². The highest BCUT2D eigenvalue weighted by Gasteiger charge is 2.17. The molecule has 0 aliphatic rings. The summed E-state index contributed by atoms with van der Waals surface area (Å²) in [6.45, 7) is 0. The number of rotatable bonds is 6. The second-order valence-electron chi connectivity index (χ2n) is 6.64. The number of oxazole rings is 1. The molecule has 0 fully saturated rings. The van der Waals surface area contributed by atoms with Crippen LogP contribution in [0.25, 0.3) is 28.5 Å². The molecule has 5 nitrogen and oxygen atoms in total. The molecule has 0 saturated carbocycles. The zero-order valence-electron chi connectivity index (χ0n) is 16.1. The highest BCUT2D eigenvalue weighted by molar-refractivity contribution is 7.98. The molecule has 30 heavy (non-hydrogen) atoms. The number of nitrogens with zero attached hydrogens (tertiary/aromatic N) is 4. The first-order valence-electron chi connectivity index (χ1n) is 9.57. The molecule has 2 aromatic heterocycles. The van der Waals surface area contributed by atoms with Gasteiger partial charge in [0.25, 0.3) is 0 Å². The predicted molar refractivity (Wildman–Crippen MR) is 118 cm³/mol. The minimum absolute atomic E-state index is 0.626. The van der Waals surface area contributed by atoms with Gasteiger partial charge in [-0.1, -0.05) is 78.5 Å². The minimum atomic E-state index is 0.626. The van der Waals surface area contributed by atoms with Crippen LogP contribution in [0.1, 0.15) is 5.69 Å². The largest absolute Gasteiger partial charge is 0.444 e. The Hall–Kier alpha value is -3.64. The SMILES string of the molecule is c1ccc(-c2nc(CSc3nnc(-c4ccccc4)n3-c3ccccc3)co2)cc1. The summed E-state index contributed by atoms with van der Waals surface area (Å²) in [6.07, 6.45) is 1.71. The number of benzene rings is 3. The molecule has 0 amide bonds. The summed E-state index contributed by atoms with van der Waals surface area (Å²) >= 11 is 1.59. The molecule has 6 heteroatoms. The van der Waals surface area contributed by atoms with Crippen molar-refractivity contribution in [3.05, 3.63) is 103 Å². The maximum Gasteiger partial charge on any atom is 0.226 e. The molecule has 0 aliphatic carbocycles. The Morgan fingerprint density at radius 3 is 2.07 bits per heavy atom. The Labute approximate surface area is 178 Å². The molecule has 0 aliphatic heterocycles. The number of para-hydroxylation sites is 1. The minimum Gasteiger partial charge on any atom is -0.444 e. The summed E-state index contributed by atoms with van der Waals surface area (Å²) in [5, 5.41) is 9.75. The van der Waals surface area contributed by atoms with E-state index in [1.807, 2.05) is 78.9 Å². The number of hydrogen-bond acceptors (Lipinski definition) is 5. The molecule has 0 bridgehead atoms. The van der Waals surface area contributed by atoms with Crippen molar-refractivity contribution >= 4 is 11.8 Å². The van der Waals surface area contributed by atoms with Crippen LogP contribution in [-0.2, 0) is 5.75 Å². The Balaban J connectivity index is 1.44. The van der Waals surface area contributed by atoms with Crippen LogP contribution in [0.3, 0.4) is 0 Å². The van der Waals surface area contributed by atoms with Gasteiger partial charge in [0, 0.05) is 22.6 Å². The summed E-state index contributed by atoms with van der Waals surface area (Å²) in [5.41, 5.74) is 3.87. The van der Waals surface area contributed by atoms with Crippen molar-refractivity contribution in [3.8, 4) is 28.5 Å². The van der Waals surface area contributed by atoms with Crippen LogP contribution in [0.4, 0.5) is 0 Å². The molecule has 3 aromatic carbocycles. The molecule has 0 N–H and O–H groups in total. The lowest BCUT2D eigenvalue weighted by Crippen LogP contribution is -1.99. The lowest BCUT2D eigenvalue weighted by atomic mass is 10.2. The Morgan fingerprint density at radius 2 is 1.37 bits per heavy atom. The fraction of sp³-hybridized carbons (Fsp3) is 0.0417. The molecule has 0 saturated heterocycles. The number of hydrogen-bond donors (Lipinski definition) is 0. The smallest absolute Gasteiger partial charge is 0.226 e. The van der Waals surface area contributed by atoms with Crippen molar-refractivity contribution in [3.63, 3.8) is 0 Å². The summed E-state index contributed by atoms with van der Waals surface area (Å²) in [5.74, 6) is 2.07. The molecular weight excluding hydrogens is 392 g/mol. The van der Waals surface area contributed by atoms with Crippen molar-refractivity contribution in [2.45, 2.75) is 10.9 Å². The van der Waals surface area contributed by atoms with Gasteiger partial charge in [-0.05, 0) is 24.3 Å². The van der Waals surface area contributed by atoms with Gasteiger partial charge in [-0.15, -0.1) is 10.2 Å². The molecule has 146 valence electrons. The van der Waals surface area contributed by atoms with E-state index in [-0.39, 0.29) is 0 Å². The predicted octanol–water partition coefficient (Wildman–Crippen LogP) is 5.88. The van der Waals surface area contributed by atoms with Crippen LogP contribution in [0.5, 0.6) is 0 Å². The van der Waals surface area contributed by atoms with E-state index in [0.717, 1.165) is 33.5 Å². The highest BCUT2D eigenvalue weighted by atomic mass is 32.2. The van der Waals surface area contributed by atoms with Crippen LogP contribution in [0, 0.1) is 0 Å². The molecule has 0 spiro atoms. The fourth-order valence-corrected chi connectivity index (χ4v) is 4.00. The van der Waals surface area contributed by atoms with E-state index in [4.69, 9.17) is 4.42 Å². The van der Waals surface area contributed by atoms with E-state index in [0.29, 0.717) is 11.6 Å². The Morgan fingerprint density at radius 1 is 0.733 bits per heavy atom. The van der Waals surface area contributed by atoms with Gasteiger partial charge in [0.15, 0.2) is 11.0 Å². The molecule has 5 rings (SSSR count). The summed E-state index contributed by atoms with van der Waals surface area (Å²) in [6, 6.07) is 30.1. The van der Waals surface area contributed by atoms with Gasteiger partial charge in [-0.3, -0.25) is 4.57 Å². The van der Waals surface area contributed by atoms with Gasteiger partial charge >= 0.3 is 0 Å². The first kappa shape index (κ1) is 18.4. The third-order valence-corrected chi connectivity index (χ3v) is 5.56. The summed E-state index contributed by atoms with van der Waals surface area (Å²) in [7, 11) is 0. The Kier molecular flexibility index (Phi) is 5.14. The molecule has 5 aromatic rings.